The molecule has 0 saturated heterocycles. The first-order valence-electron chi connectivity index (χ1n) is 6.83. The molecular formula is C15H17N3O5S. The molecule has 0 unspecified atom stereocenters. The van der Waals surface area contributed by atoms with Gasteiger partial charge in [0.05, 0.1) is 27.4 Å². The third kappa shape index (κ3) is 4.05. The molecule has 0 radical (unpaired) electrons. The Morgan fingerprint density at radius 2 is 1.83 bits per heavy atom. The standard InChI is InChI=1S/C15H17N3O5S/c1-20-11-7-12(21-2)18-10(17-11)8-23-14-13(15(19)22-3)9(24-4)5-6-16-14/h5-7H,8H2,1-4H3. The first kappa shape index (κ1) is 17.8. The molecule has 0 aliphatic rings. The van der Waals surface area contributed by atoms with E-state index in [4.69, 9.17) is 18.9 Å². The summed E-state index contributed by atoms with van der Waals surface area (Å²) in [5.41, 5.74) is 0.266. The van der Waals surface area contributed by atoms with Crippen LogP contribution in [0.25, 0.3) is 0 Å². The molecule has 0 amide bonds. The molecule has 0 saturated carbocycles. The van der Waals surface area contributed by atoms with E-state index in [1.807, 2.05) is 6.26 Å². The highest BCUT2D eigenvalue weighted by molar-refractivity contribution is 7.98. The van der Waals surface area contributed by atoms with Gasteiger partial charge in [0.1, 0.15) is 12.2 Å². The summed E-state index contributed by atoms with van der Waals surface area (Å²) in [6.45, 7) is -0.0115. The van der Waals surface area contributed by atoms with Crippen LogP contribution in [0.2, 0.25) is 0 Å². The predicted molar refractivity (Wildman–Crippen MR) is 86.8 cm³/mol. The summed E-state index contributed by atoms with van der Waals surface area (Å²) < 4.78 is 20.6. The lowest BCUT2D eigenvalue weighted by atomic mass is 10.2. The fourth-order valence-electron chi connectivity index (χ4n) is 1.85. The Labute approximate surface area is 143 Å². The number of carbonyl (C=O) groups is 1. The van der Waals surface area contributed by atoms with Gasteiger partial charge >= 0.3 is 5.97 Å². The Morgan fingerprint density at radius 1 is 1.17 bits per heavy atom. The van der Waals surface area contributed by atoms with Crippen LogP contribution in [0, 0.1) is 0 Å². The lowest BCUT2D eigenvalue weighted by Crippen LogP contribution is -2.10. The van der Waals surface area contributed by atoms with Crippen molar-refractivity contribution in [2.75, 3.05) is 27.6 Å². The topological polar surface area (TPSA) is 92.7 Å². The summed E-state index contributed by atoms with van der Waals surface area (Å²) in [5, 5.41) is 0. The molecule has 0 N–H and O–H groups in total. The Bertz CT molecular complexity index is 704. The van der Waals surface area contributed by atoms with Crippen LogP contribution in [-0.4, -0.2) is 48.5 Å². The lowest BCUT2D eigenvalue weighted by Gasteiger charge is -2.12. The second kappa shape index (κ2) is 8.34. The van der Waals surface area contributed by atoms with Crippen molar-refractivity contribution in [3.63, 3.8) is 0 Å². The van der Waals surface area contributed by atoms with Crippen molar-refractivity contribution in [3.05, 3.63) is 29.7 Å². The first-order valence-corrected chi connectivity index (χ1v) is 8.05. The van der Waals surface area contributed by atoms with Crippen LogP contribution >= 0.6 is 11.8 Å². The quantitative estimate of drug-likeness (QED) is 0.548. The zero-order chi connectivity index (χ0) is 17.5. The Balaban J connectivity index is 2.28. The molecular weight excluding hydrogens is 334 g/mol. The van der Waals surface area contributed by atoms with Crippen molar-refractivity contribution in [1.29, 1.82) is 0 Å². The van der Waals surface area contributed by atoms with Crippen molar-refractivity contribution in [2.24, 2.45) is 0 Å². The minimum absolute atomic E-state index is 0.0115. The average molecular weight is 351 g/mol. The van der Waals surface area contributed by atoms with E-state index < -0.39 is 5.97 Å². The summed E-state index contributed by atoms with van der Waals surface area (Å²) in [6, 6.07) is 3.27. The molecule has 2 aromatic heterocycles. The monoisotopic (exact) mass is 351 g/mol. The second-order valence-electron chi connectivity index (χ2n) is 4.34. The van der Waals surface area contributed by atoms with Crippen molar-refractivity contribution in [1.82, 2.24) is 15.0 Å². The maximum atomic E-state index is 12.0. The second-order valence-corrected chi connectivity index (χ2v) is 5.19. The molecule has 9 heteroatoms. The van der Waals surface area contributed by atoms with Gasteiger partial charge in [-0.15, -0.1) is 11.8 Å². The molecule has 0 aliphatic heterocycles. The third-order valence-electron chi connectivity index (χ3n) is 2.97. The van der Waals surface area contributed by atoms with Crippen molar-refractivity contribution >= 4 is 17.7 Å². The van der Waals surface area contributed by atoms with Gasteiger partial charge in [-0.2, -0.15) is 9.97 Å². The van der Waals surface area contributed by atoms with Crippen molar-refractivity contribution in [3.8, 4) is 17.6 Å². The van der Waals surface area contributed by atoms with E-state index in [-0.39, 0.29) is 18.1 Å². The van der Waals surface area contributed by atoms with Crippen LogP contribution in [-0.2, 0) is 11.3 Å². The Hall–Kier alpha value is -2.55. The average Bonchev–Trinajstić information content (AvgIpc) is 2.64. The van der Waals surface area contributed by atoms with Gasteiger partial charge < -0.3 is 18.9 Å². The summed E-state index contributed by atoms with van der Waals surface area (Å²) in [5.74, 6) is 0.656. The van der Waals surface area contributed by atoms with E-state index in [0.29, 0.717) is 22.5 Å². The highest BCUT2D eigenvalue weighted by atomic mass is 32.2. The maximum Gasteiger partial charge on any atom is 0.344 e. The lowest BCUT2D eigenvalue weighted by molar-refractivity contribution is 0.0589. The molecule has 0 fully saturated rings. The van der Waals surface area contributed by atoms with E-state index in [0.717, 1.165) is 0 Å². The van der Waals surface area contributed by atoms with Gasteiger partial charge in [0.25, 0.3) is 0 Å². The van der Waals surface area contributed by atoms with Crippen LogP contribution < -0.4 is 14.2 Å². The largest absolute Gasteiger partial charge is 0.481 e. The van der Waals surface area contributed by atoms with Crippen LogP contribution in [0.4, 0.5) is 0 Å². The molecule has 0 aromatic carbocycles. The molecule has 0 atom stereocenters. The van der Waals surface area contributed by atoms with E-state index in [9.17, 15) is 4.79 Å². The fraction of sp³-hybridized carbons (Fsp3) is 0.333. The van der Waals surface area contributed by atoms with Crippen LogP contribution in [0.15, 0.2) is 23.2 Å². The summed E-state index contributed by atoms with van der Waals surface area (Å²) in [7, 11) is 4.29. The SMILES string of the molecule is COC(=O)c1c(SC)ccnc1OCc1nc(OC)cc(OC)n1. The molecule has 2 rings (SSSR count). The number of carbonyl (C=O) groups excluding carboxylic acids is 1. The zero-order valence-electron chi connectivity index (χ0n) is 13.7. The number of pyridine rings is 1. The van der Waals surface area contributed by atoms with Gasteiger partial charge in [0.2, 0.25) is 17.6 Å². The third-order valence-corrected chi connectivity index (χ3v) is 3.75. The summed E-state index contributed by atoms with van der Waals surface area (Å²) >= 11 is 1.40. The smallest absolute Gasteiger partial charge is 0.344 e. The maximum absolute atomic E-state index is 12.0. The van der Waals surface area contributed by atoms with Gasteiger partial charge in [0.15, 0.2) is 5.82 Å². The number of esters is 1. The van der Waals surface area contributed by atoms with E-state index >= 15 is 0 Å². The predicted octanol–water partition coefficient (Wildman–Crippen LogP) is 1.98. The molecule has 2 aromatic rings. The minimum Gasteiger partial charge on any atom is -0.481 e. The number of rotatable bonds is 7. The minimum atomic E-state index is -0.522. The molecule has 0 aliphatic carbocycles. The highest BCUT2D eigenvalue weighted by Crippen LogP contribution is 2.28. The Kier molecular flexibility index (Phi) is 6.19. The number of methoxy groups -OCH3 is 3. The number of hydrogen-bond acceptors (Lipinski definition) is 9. The van der Waals surface area contributed by atoms with E-state index in [1.54, 1.807) is 18.3 Å². The molecule has 24 heavy (non-hydrogen) atoms. The highest BCUT2D eigenvalue weighted by Gasteiger charge is 2.20. The zero-order valence-corrected chi connectivity index (χ0v) is 14.5. The van der Waals surface area contributed by atoms with Crippen molar-refractivity contribution < 1.29 is 23.7 Å². The molecule has 128 valence electrons. The summed E-state index contributed by atoms with van der Waals surface area (Å²) in [4.78, 5) is 25.1. The molecule has 2 heterocycles. The van der Waals surface area contributed by atoms with Gasteiger partial charge in [-0.1, -0.05) is 0 Å². The van der Waals surface area contributed by atoms with Gasteiger partial charge in [0, 0.05) is 11.1 Å². The number of aromatic nitrogens is 3. The number of thioether (sulfide) groups is 1. The van der Waals surface area contributed by atoms with Crippen LogP contribution in [0.3, 0.4) is 0 Å². The van der Waals surface area contributed by atoms with Crippen molar-refractivity contribution in [2.45, 2.75) is 11.5 Å². The van der Waals surface area contributed by atoms with Gasteiger partial charge in [-0.25, -0.2) is 9.78 Å². The summed E-state index contributed by atoms with van der Waals surface area (Å²) in [6.07, 6.45) is 3.40. The van der Waals surface area contributed by atoms with Gasteiger partial charge in [-0.05, 0) is 12.3 Å². The molecule has 0 spiro atoms. The normalized spacial score (nSPS) is 10.2. The Morgan fingerprint density at radius 3 is 2.38 bits per heavy atom. The van der Waals surface area contributed by atoms with E-state index in [2.05, 4.69) is 15.0 Å². The molecule has 8 nitrogen and oxygen atoms in total. The number of nitrogens with zero attached hydrogens (tertiary/aromatic N) is 3. The van der Waals surface area contributed by atoms with E-state index in [1.165, 1.54) is 33.1 Å². The molecule has 0 bridgehead atoms. The fourth-order valence-corrected chi connectivity index (χ4v) is 2.42. The number of ether oxygens (including phenoxy) is 4. The van der Waals surface area contributed by atoms with Gasteiger partial charge in [-0.3, -0.25) is 0 Å². The number of hydrogen-bond donors (Lipinski definition) is 0. The van der Waals surface area contributed by atoms with Crippen LogP contribution in [0.1, 0.15) is 16.2 Å². The first-order chi connectivity index (χ1) is 11.6. The van der Waals surface area contributed by atoms with Crippen LogP contribution in [0.5, 0.6) is 17.6 Å².